The lowest BCUT2D eigenvalue weighted by Crippen LogP contribution is -3.08. The smallest absolute Gasteiger partial charge is 0.285 e. The lowest BCUT2D eigenvalue weighted by molar-refractivity contribution is -0.932. The molecule has 0 saturated carbocycles. The Hall–Kier alpha value is -2.58. The predicted octanol–water partition coefficient (Wildman–Crippen LogP) is 1.60. The SMILES string of the molecule is C[C@@H](c1nc2ccccc2s1)[NH+](C)Cn1cc([N+](=O)[O-])ccc1=O. The van der Waals surface area contributed by atoms with E-state index in [2.05, 4.69) is 4.98 Å². The zero-order valence-corrected chi connectivity index (χ0v) is 14.1. The van der Waals surface area contributed by atoms with Gasteiger partial charge in [-0.2, -0.15) is 0 Å². The highest BCUT2D eigenvalue weighted by Gasteiger charge is 2.21. The van der Waals surface area contributed by atoms with E-state index in [-0.39, 0.29) is 17.3 Å². The van der Waals surface area contributed by atoms with Gasteiger partial charge < -0.3 is 4.90 Å². The average Bonchev–Trinajstić information content (AvgIpc) is 2.99. The maximum atomic E-state index is 11.9. The van der Waals surface area contributed by atoms with Gasteiger partial charge in [0.05, 0.1) is 28.4 Å². The van der Waals surface area contributed by atoms with Crippen LogP contribution in [0.5, 0.6) is 0 Å². The molecule has 0 saturated heterocycles. The fourth-order valence-electron chi connectivity index (χ4n) is 2.44. The van der Waals surface area contributed by atoms with E-state index in [4.69, 9.17) is 0 Å². The van der Waals surface area contributed by atoms with E-state index < -0.39 is 4.92 Å². The Balaban J connectivity index is 1.83. The minimum absolute atomic E-state index is 0.0635. The lowest BCUT2D eigenvalue weighted by Gasteiger charge is -2.20. The molecule has 1 N–H and O–H groups in total. The van der Waals surface area contributed by atoms with E-state index in [1.165, 1.54) is 22.9 Å². The molecule has 0 spiro atoms. The zero-order chi connectivity index (χ0) is 17.3. The molecule has 24 heavy (non-hydrogen) atoms. The van der Waals surface area contributed by atoms with Crippen LogP contribution in [-0.4, -0.2) is 21.5 Å². The number of hydrogen-bond acceptors (Lipinski definition) is 5. The molecule has 0 radical (unpaired) electrons. The second-order valence-electron chi connectivity index (χ2n) is 5.70. The molecule has 8 heteroatoms. The summed E-state index contributed by atoms with van der Waals surface area (Å²) >= 11 is 1.63. The second-order valence-corrected chi connectivity index (χ2v) is 6.76. The highest BCUT2D eigenvalue weighted by molar-refractivity contribution is 7.18. The average molecular weight is 345 g/mol. The van der Waals surface area contributed by atoms with Crippen molar-refractivity contribution < 1.29 is 9.82 Å². The van der Waals surface area contributed by atoms with Gasteiger partial charge in [0.25, 0.3) is 11.2 Å². The van der Waals surface area contributed by atoms with Crippen LogP contribution in [-0.2, 0) is 6.67 Å². The van der Waals surface area contributed by atoms with Gasteiger partial charge in [0, 0.05) is 12.1 Å². The van der Waals surface area contributed by atoms with Crippen LogP contribution in [0, 0.1) is 10.1 Å². The number of benzene rings is 1. The number of quaternary nitrogens is 1. The van der Waals surface area contributed by atoms with E-state index >= 15 is 0 Å². The number of fused-ring (bicyclic) bond motifs is 1. The fraction of sp³-hybridized carbons (Fsp3) is 0.250. The molecule has 7 nitrogen and oxygen atoms in total. The monoisotopic (exact) mass is 345 g/mol. The van der Waals surface area contributed by atoms with Crippen LogP contribution < -0.4 is 10.5 Å². The Morgan fingerprint density at radius 3 is 2.79 bits per heavy atom. The molecule has 0 fully saturated rings. The number of nitro groups is 1. The quantitative estimate of drug-likeness (QED) is 0.562. The van der Waals surface area contributed by atoms with Crippen LogP contribution in [0.3, 0.4) is 0 Å². The van der Waals surface area contributed by atoms with Gasteiger partial charge in [-0.15, -0.1) is 11.3 Å². The molecule has 2 aromatic heterocycles. The molecule has 0 aliphatic heterocycles. The molecular formula is C16H17N4O3S+. The summed E-state index contributed by atoms with van der Waals surface area (Å²) in [5, 5.41) is 11.9. The molecule has 1 unspecified atom stereocenters. The van der Waals surface area contributed by atoms with Crippen molar-refractivity contribution in [3.63, 3.8) is 0 Å². The third-order valence-corrected chi connectivity index (χ3v) is 5.24. The summed E-state index contributed by atoms with van der Waals surface area (Å²) in [5.41, 5.74) is 0.621. The van der Waals surface area contributed by atoms with Crippen molar-refractivity contribution in [1.29, 1.82) is 0 Å². The molecule has 3 rings (SSSR count). The van der Waals surface area contributed by atoms with Crippen LogP contribution in [0.2, 0.25) is 0 Å². The molecule has 3 aromatic rings. The number of para-hydroxylation sites is 1. The third kappa shape index (κ3) is 3.19. The van der Waals surface area contributed by atoms with Gasteiger partial charge in [0.1, 0.15) is 6.04 Å². The van der Waals surface area contributed by atoms with Crippen molar-refractivity contribution in [2.24, 2.45) is 0 Å². The van der Waals surface area contributed by atoms with Gasteiger partial charge in [-0.3, -0.25) is 19.5 Å². The summed E-state index contributed by atoms with van der Waals surface area (Å²) in [7, 11) is 1.95. The molecule has 124 valence electrons. The zero-order valence-electron chi connectivity index (χ0n) is 13.3. The topological polar surface area (TPSA) is 82.5 Å². The first-order chi connectivity index (χ1) is 11.5. The molecule has 0 aliphatic carbocycles. The number of thiazole rings is 1. The van der Waals surface area contributed by atoms with Crippen LogP contribution in [0.4, 0.5) is 5.69 Å². The maximum absolute atomic E-state index is 11.9. The van der Waals surface area contributed by atoms with Gasteiger partial charge in [-0.25, -0.2) is 4.98 Å². The molecule has 0 aliphatic rings. The normalized spacial score (nSPS) is 13.8. The van der Waals surface area contributed by atoms with Crippen molar-refractivity contribution in [2.75, 3.05) is 7.05 Å². The summed E-state index contributed by atoms with van der Waals surface area (Å²) in [5.74, 6) is 0. The van der Waals surface area contributed by atoms with Gasteiger partial charge in [0.15, 0.2) is 11.7 Å². The molecule has 2 atom stereocenters. The summed E-state index contributed by atoms with van der Waals surface area (Å²) < 4.78 is 2.50. The Labute approximate surface area is 141 Å². The molecule has 1 aromatic carbocycles. The van der Waals surface area contributed by atoms with Crippen molar-refractivity contribution in [1.82, 2.24) is 9.55 Å². The van der Waals surface area contributed by atoms with Crippen molar-refractivity contribution in [3.05, 3.63) is 68.1 Å². The molecule has 2 heterocycles. The number of nitrogens with zero attached hydrogens (tertiary/aromatic N) is 3. The summed E-state index contributed by atoms with van der Waals surface area (Å²) in [6.45, 7) is 2.37. The van der Waals surface area contributed by atoms with Crippen LogP contribution in [0.25, 0.3) is 10.2 Å². The minimum atomic E-state index is -0.498. The van der Waals surface area contributed by atoms with Gasteiger partial charge in [-0.05, 0) is 19.1 Å². The summed E-state index contributed by atoms with van der Waals surface area (Å²) in [6, 6.07) is 10.5. The summed E-state index contributed by atoms with van der Waals surface area (Å²) in [4.78, 5) is 28.0. The lowest BCUT2D eigenvalue weighted by atomic mass is 10.3. The highest BCUT2D eigenvalue weighted by Crippen LogP contribution is 2.24. The first kappa shape index (κ1) is 16.3. The molecule has 0 amide bonds. The van der Waals surface area contributed by atoms with Crippen LogP contribution >= 0.6 is 11.3 Å². The Morgan fingerprint density at radius 1 is 1.33 bits per heavy atom. The number of aromatic nitrogens is 2. The first-order valence-electron chi connectivity index (χ1n) is 7.48. The number of hydrogen-bond donors (Lipinski definition) is 1. The Bertz CT molecular complexity index is 917. The Kier molecular flexibility index (Phi) is 4.41. The third-order valence-electron chi connectivity index (χ3n) is 4.02. The van der Waals surface area contributed by atoms with Crippen LogP contribution in [0.1, 0.15) is 18.0 Å². The van der Waals surface area contributed by atoms with E-state index in [0.717, 1.165) is 20.1 Å². The number of pyridine rings is 1. The van der Waals surface area contributed by atoms with Crippen LogP contribution in [0.15, 0.2) is 47.4 Å². The summed E-state index contributed by atoms with van der Waals surface area (Å²) in [6.07, 6.45) is 1.29. The van der Waals surface area contributed by atoms with Gasteiger partial charge >= 0.3 is 0 Å². The molecular weight excluding hydrogens is 328 g/mol. The van der Waals surface area contributed by atoms with Crippen molar-refractivity contribution in [3.8, 4) is 0 Å². The van der Waals surface area contributed by atoms with E-state index in [0.29, 0.717) is 6.67 Å². The van der Waals surface area contributed by atoms with Gasteiger partial charge in [0.2, 0.25) is 0 Å². The fourth-order valence-corrected chi connectivity index (χ4v) is 3.55. The maximum Gasteiger partial charge on any atom is 0.285 e. The van der Waals surface area contributed by atoms with Crippen molar-refractivity contribution in [2.45, 2.75) is 19.6 Å². The minimum Gasteiger partial charge on any atom is -0.312 e. The molecule has 0 bridgehead atoms. The van der Waals surface area contributed by atoms with E-state index in [1.807, 2.05) is 38.2 Å². The second kappa shape index (κ2) is 6.50. The Morgan fingerprint density at radius 2 is 2.08 bits per heavy atom. The van der Waals surface area contributed by atoms with E-state index in [9.17, 15) is 14.9 Å². The largest absolute Gasteiger partial charge is 0.312 e. The highest BCUT2D eigenvalue weighted by atomic mass is 32.1. The van der Waals surface area contributed by atoms with Crippen molar-refractivity contribution >= 4 is 27.2 Å². The standard InChI is InChI=1S/C16H16N4O3S/c1-11(16-17-13-5-3-4-6-14(13)24-16)18(2)10-19-9-12(20(22)23)7-8-15(19)21/h3-9,11H,10H2,1-2H3/p+1/t11-/m0/s1. The first-order valence-corrected chi connectivity index (χ1v) is 8.30. The van der Waals surface area contributed by atoms with Gasteiger partial charge in [-0.1, -0.05) is 12.1 Å². The van der Waals surface area contributed by atoms with E-state index in [1.54, 1.807) is 11.3 Å². The number of rotatable bonds is 5. The predicted molar refractivity (Wildman–Crippen MR) is 92.3 cm³/mol. The number of nitrogens with one attached hydrogen (secondary N) is 1.